The van der Waals surface area contributed by atoms with Crippen LogP contribution in [0.5, 0.6) is 11.5 Å². The molecule has 0 radical (unpaired) electrons. The first kappa shape index (κ1) is 11.4. The van der Waals surface area contributed by atoms with Crippen LogP contribution in [0.2, 0.25) is 0 Å². The number of nitrogens with two attached hydrogens (primary N) is 1. The van der Waals surface area contributed by atoms with Crippen LogP contribution >= 0.6 is 0 Å². The van der Waals surface area contributed by atoms with Crippen molar-refractivity contribution in [1.29, 1.82) is 0 Å². The van der Waals surface area contributed by atoms with Crippen LogP contribution in [0.15, 0.2) is 18.2 Å². The molecule has 0 saturated carbocycles. The highest BCUT2D eigenvalue weighted by atomic mass is 16.5. The molecule has 0 spiro atoms. The molecule has 0 saturated heterocycles. The van der Waals surface area contributed by atoms with Gasteiger partial charge in [-0.05, 0) is 24.6 Å². The van der Waals surface area contributed by atoms with Crippen molar-refractivity contribution in [2.24, 2.45) is 5.73 Å². The van der Waals surface area contributed by atoms with Crippen LogP contribution in [-0.2, 0) is 6.54 Å². The second kappa shape index (κ2) is 5.94. The van der Waals surface area contributed by atoms with E-state index in [1.54, 1.807) is 14.0 Å². The predicted molar refractivity (Wildman–Crippen MR) is 59.8 cm³/mol. The Morgan fingerprint density at radius 1 is 1.33 bits per heavy atom. The Hall–Kier alpha value is -1.66. The first-order valence-electron chi connectivity index (χ1n) is 4.71. The van der Waals surface area contributed by atoms with E-state index in [1.807, 2.05) is 18.2 Å². The predicted octanol–water partition coefficient (Wildman–Crippen LogP) is 1.56. The van der Waals surface area contributed by atoms with Gasteiger partial charge >= 0.3 is 0 Å². The molecule has 15 heavy (non-hydrogen) atoms. The molecule has 0 aliphatic heterocycles. The zero-order valence-corrected chi connectivity index (χ0v) is 9.04. The Labute approximate surface area is 90.2 Å². The van der Waals surface area contributed by atoms with Crippen molar-refractivity contribution in [1.82, 2.24) is 0 Å². The van der Waals surface area contributed by atoms with Crippen molar-refractivity contribution < 1.29 is 9.47 Å². The molecule has 3 nitrogen and oxygen atoms in total. The first-order chi connectivity index (χ1) is 7.31. The summed E-state index contributed by atoms with van der Waals surface area (Å²) < 4.78 is 10.6. The lowest BCUT2D eigenvalue weighted by Crippen LogP contribution is -2.00. The van der Waals surface area contributed by atoms with Crippen LogP contribution in [0.4, 0.5) is 0 Å². The lowest BCUT2D eigenvalue weighted by molar-refractivity contribution is 0.330. The van der Waals surface area contributed by atoms with Crippen molar-refractivity contribution in [2.45, 2.75) is 13.5 Å². The summed E-state index contributed by atoms with van der Waals surface area (Å²) in [5, 5.41) is 0. The highest BCUT2D eigenvalue weighted by Gasteiger charge is 2.03. The normalized spacial score (nSPS) is 9.00. The Morgan fingerprint density at radius 2 is 2.13 bits per heavy atom. The maximum absolute atomic E-state index is 5.53. The molecule has 0 heterocycles. The average Bonchev–Trinajstić information content (AvgIpc) is 2.29. The Bertz CT molecular complexity index is 377. The Kier molecular flexibility index (Phi) is 4.52. The monoisotopic (exact) mass is 205 g/mol. The SMILES string of the molecule is CC#CCOc1ccc(CN)cc1OC. The minimum atomic E-state index is 0.370. The van der Waals surface area contributed by atoms with Gasteiger partial charge in [-0.2, -0.15) is 0 Å². The van der Waals surface area contributed by atoms with Gasteiger partial charge in [0, 0.05) is 6.54 Å². The average molecular weight is 205 g/mol. The smallest absolute Gasteiger partial charge is 0.162 e. The number of rotatable bonds is 4. The zero-order valence-electron chi connectivity index (χ0n) is 9.04. The molecule has 2 N–H and O–H groups in total. The van der Waals surface area contributed by atoms with Crippen LogP contribution in [0.3, 0.4) is 0 Å². The molecular formula is C12H15NO2. The molecule has 0 aliphatic rings. The van der Waals surface area contributed by atoms with E-state index in [-0.39, 0.29) is 0 Å². The van der Waals surface area contributed by atoms with E-state index in [4.69, 9.17) is 15.2 Å². The van der Waals surface area contributed by atoms with Crippen molar-refractivity contribution in [2.75, 3.05) is 13.7 Å². The molecule has 0 unspecified atom stereocenters. The summed E-state index contributed by atoms with van der Waals surface area (Å²) in [5.74, 6) is 6.97. The third-order valence-electron chi connectivity index (χ3n) is 1.94. The zero-order chi connectivity index (χ0) is 11.1. The summed E-state index contributed by atoms with van der Waals surface area (Å²) >= 11 is 0. The minimum Gasteiger partial charge on any atom is -0.493 e. The van der Waals surface area contributed by atoms with Gasteiger partial charge < -0.3 is 15.2 Å². The molecule has 1 aromatic rings. The summed E-state index contributed by atoms with van der Waals surface area (Å²) in [7, 11) is 1.61. The van der Waals surface area contributed by atoms with Crippen molar-refractivity contribution in [3.05, 3.63) is 23.8 Å². The summed E-state index contributed by atoms with van der Waals surface area (Å²) in [4.78, 5) is 0. The van der Waals surface area contributed by atoms with Gasteiger partial charge in [0.15, 0.2) is 11.5 Å². The molecule has 0 fully saturated rings. The topological polar surface area (TPSA) is 44.5 Å². The summed E-state index contributed by atoms with van der Waals surface area (Å²) in [6.07, 6.45) is 0. The maximum atomic E-state index is 5.53. The quantitative estimate of drug-likeness (QED) is 0.758. The molecule has 0 atom stereocenters. The molecular weight excluding hydrogens is 190 g/mol. The van der Waals surface area contributed by atoms with Gasteiger partial charge in [0.1, 0.15) is 6.61 Å². The van der Waals surface area contributed by atoms with Gasteiger partial charge in [-0.1, -0.05) is 12.0 Å². The van der Waals surface area contributed by atoms with E-state index in [0.29, 0.717) is 24.7 Å². The minimum absolute atomic E-state index is 0.370. The van der Waals surface area contributed by atoms with E-state index in [2.05, 4.69) is 11.8 Å². The Balaban J connectivity index is 2.81. The van der Waals surface area contributed by atoms with Gasteiger partial charge in [0.25, 0.3) is 0 Å². The molecule has 1 aromatic carbocycles. The van der Waals surface area contributed by atoms with Crippen LogP contribution in [-0.4, -0.2) is 13.7 Å². The molecule has 0 bridgehead atoms. The lowest BCUT2D eigenvalue weighted by Gasteiger charge is -2.09. The van der Waals surface area contributed by atoms with Gasteiger partial charge in [-0.25, -0.2) is 0 Å². The summed E-state index contributed by atoms with van der Waals surface area (Å²) in [6, 6.07) is 5.63. The van der Waals surface area contributed by atoms with Crippen LogP contribution in [0.1, 0.15) is 12.5 Å². The fraction of sp³-hybridized carbons (Fsp3) is 0.333. The van der Waals surface area contributed by atoms with Crippen molar-refractivity contribution in [3.8, 4) is 23.3 Å². The largest absolute Gasteiger partial charge is 0.493 e. The van der Waals surface area contributed by atoms with Crippen molar-refractivity contribution >= 4 is 0 Å². The number of methoxy groups -OCH3 is 1. The molecule has 0 aliphatic carbocycles. The molecule has 0 aromatic heterocycles. The fourth-order valence-corrected chi connectivity index (χ4v) is 1.14. The Morgan fingerprint density at radius 3 is 2.73 bits per heavy atom. The second-order valence-corrected chi connectivity index (χ2v) is 2.90. The third-order valence-corrected chi connectivity index (χ3v) is 1.94. The lowest BCUT2D eigenvalue weighted by atomic mass is 10.2. The molecule has 1 rings (SSSR count). The fourth-order valence-electron chi connectivity index (χ4n) is 1.14. The van der Waals surface area contributed by atoms with Gasteiger partial charge in [-0.3, -0.25) is 0 Å². The number of ether oxygens (including phenoxy) is 2. The summed E-state index contributed by atoms with van der Waals surface area (Å²) in [6.45, 7) is 2.64. The van der Waals surface area contributed by atoms with Gasteiger partial charge in [0.2, 0.25) is 0 Å². The number of benzene rings is 1. The highest BCUT2D eigenvalue weighted by molar-refractivity contribution is 5.43. The number of hydrogen-bond donors (Lipinski definition) is 1. The van der Waals surface area contributed by atoms with E-state index in [1.165, 1.54) is 0 Å². The van der Waals surface area contributed by atoms with Crippen molar-refractivity contribution in [3.63, 3.8) is 0 Å². The van der Waals surface area contributed by atoms with Gasteiger partial charge in [0.05, 0.1) is 7.11 Å². The van der Waals surface area contributed by atoms with E-state index in [0.717, 1.165) is 5.56 Å². The van der Waals surface area contributed by atoms with E-state index in [9.17, 15) is 0 Å². The van der Waals surface area contributed by atoms with Crippen LogP contribution in [0, 0.1) is 11.8 Å². The molecule has 3 heteroatoms. The highest BCUT2D eigenvalue weighted by Crippen LogP contribution is 2.27. The molecule has 0 amide bonds. The van der Waals surface area contributed by atoms with Gasteiger partial charge in [-0.15, -0.1) is 5.92 Å². The van der Waals surface area contributed by atoms with E-state index >= 15 is 0 Å². The number of hydrogen-bond acceptors (Lipinski definition) is 3. The molecule has 80 valence electrons. The second-order valence-electron chi connectivity index (χ2n) is 2.90. The van der Waals surface area contributed by atoms with Crippen LogP contribution in [0.25, 0.3) is 0 Å². The standard InChI is InChI=1S/C12H15NO2/c1-3-4-7-15-11-6-5-10(9-13)8-12(11)14-2/h5-6,8H,7,9,13H2,1-2H3. The summed E-state index contributed by atoms with van der Waals surface area (Å²) in [5.41, 5.74) is 6.54. The maximum Gasteiger partial charge on any atom is 0.162 e. The first-order valence-corrected chi connectivity index (χ1v) is 4.71. The third kappa shape index (κ3) is 3.19. The van der Waals surface area contributed by atoms with Crippen LogP contribution < -0.4 is 15.2 Å². The van der Waals surface area contributed by atoms with E-state index < -0.39 is 0 Å².